The minimum Gasteiger partial charge on any atom is -0.476 e. The number of carboxylic acids is 1. The van der Waals surface area contributed by atoms with E-state index in [1.807, 2.05) is 0 Å². The number of aromatic carboxylic acids is 1. The van der Waals surface area contributed by atoms with Crippen LogP contribution in [0.2, 0.25) is 0 Å². The molecule has 0 unspecified atom stereocenters. The summed E-state index contributed by atoms with van der Waals surface area (Å²) in [5.74, 6) is -5.31. The Morgan fingerprint density at radius 1 is 1.43 bits per heavy atom. The average Bonchev–Trinajstić information content (AvgIpc) is 2.08. The number of carbonyl (C=O) groups is 1. The van der Waals surface area contributed by atoms with Crippen LogP contribution in [0.3, 0.4) is 0 Å². The Morgan fingerprint density at radius 2 is 2.00 bits per heavy atom. The lowest BCUT2D eigenvalue weighted by molar-refractivity contribution is 0.0681. The van der Waals surface area contributed by atoms with Gasteiger partial charge >= 0.3 is 5.97 Å². The quantitative estimate of drug-likeness (QED) is 0.757. The van der Waals surface area contributed by atoms with E-state index in [9.17, 15) is 22.4 Å². The summed E-state index contributed by atoms with van der Waals surface area (Å²) in [6, 6.07) is 0.159. The van der Waals surface area contributed by atoms with Crippen LogP contribution >= 0.6 is 0 Å². The third-order valence-electron chi connectivity index (χ3n) is 1.36. The first kappa shape index (κ1) is 10.4. The van der Waals surface area contributed by atoms with Crippen molar-refractivity contribution >= 4 is 5.97 Å². The Balaban J connectivity index is 3.35. The molecule has 0 aliphatic carbocycles. The number of aromatic nitrogens is 1. The van der Waals surface area contributed by atoms with Crippen molar-refractivity contribution < 1.29 is 27.5 Å². The molecule has 0 saturated carbocycles. The van der Waals surface area contributed by atoms with E-state index in [-0.39, 0.29) is 6.07 Å². The summed E-state index contributed by atoms with van der Waals surface area (Å²) >= 11 is 0. The summed E-state index contributed by atoms with van der Waals surface area (Å²) in [6.45, 7) is 0. The zero-order valence-electron chi connectivity index (χ0n) is 6.47. The Morgan fingerprint density at radius 3 is 2.43 bits per heavy atom. The van der Waals surface area contributed by atoms with Crippen LogP contribution in [-0.2, 0) is 0 Å². The molecule has 76 valence electrons. The van der Waals surface area contributed by atoms with E-state index in [0.29, 0.717) is 0 Å². The maximum absolute atomic E-state index is 12.6. The van der Waals surface area contributed by atoms with Gasteiger partial charge in [0.1, 0.15) is 5.69 Å². The monoisotopic (exact) mass is 209 g/mol. The molecule has 0 aromatic carbocycles. The normalized spacial score (nSPS) is 10.6. The third kappa shape index (κ3) is 1.81. The number of halogens is 4. The molecule has 0 amide bonds. The molecule has 0 atom stereocenters. The first-order valence-electron chi connectivity index (χ1n) is 3.31. The lowest BCUT2D eigenvalue weighted by Crippen LogP contribution is -2.09. The van der Waals surface area contributed by atoms with Crippen molar-refractivity contribution in [3.8, 4) is 0 Å². The van der Waals surface area contributed by atoms with Crippen LogP contribution in [0, 0.1) is 11.6 Å². The van der Waals surface area contributed by atoms with E-state index in [4.69, 9.17) is 5.11 Å². The summed E-state index contributed by atoms with van der Waals surface area (Å²) in [5, 5.41) is 8.28. The number of pyridine rings is 1. The number of hydrogen-bond acceptors (Lipinski definition) is 2. The van der Waals surface area contributed by atoms with Crippen molar-refractivity contribution in [3.05, 3.63) is 29.1 Å². The molecule has 1 aromatic rings. The van der Waals surface area contributed by atoms with Crippen molar-refractivity contribution in [2.75, 3.05) is 0 Å². The Labute approximate surface area is 75.0 Å². The SMILES string of the molecule is O=C(O)c1nc(C(F)F)cc(F)c1F. The Bertz CT molecular complexity index is 380. The standard InChI is InChI=1S/C7H3F4NO2/c8-2-1-3(6(10)11)12-5(4(2)9)7(13)14/h1,6H,(H,13,14). The summed E-state index contributed by atoms with van der Waals surface area (Å²) in [6.07, 6.45) is -3.15. The molecule has 1 heterocycles. The summed E-state index contributed by atoms with van der Waals surface area (Å²) in [7, 11) is 0. The van der Waals surface area contributed by atoms with Gasteiger partial charge in [0.2, 0.25) is 0 Å². The number of rotatable bonds is 2. The molecule has 0 bridgehead atoms. The lowest BCUT2D eigenvalue weighted by atomic mass is 10.3. The van der Waals surface area contributed by atoms with Crippen molar-refractivity contribution in [2.24, 2.45) is 0 Å². The number of alkyl halides is 2. The number of nitrogens with zero attached hydrogens (tertiary/aromatic N) is 1. The van der Waals surface area contributed by atoms with E-state index < -0.39 is 35.4 Å². The number of hydrogen-bond donors (Lipinski definition) is 1. The highest BCUT2D eigenvalue weighted by molar-refractivity contribution is 5.85. The molecular formula is C7H3F4NO2. The van der Waals surface area contributed by atoms with Crippen LogP contribution in [-0.4, -0.2) is 16.1 Å². The van der Waals surface area contributed by atoms with E-state index in [2.05, 4.69) is 4.98 Å². The van der Waals surface area contributed by atoms with Gasteiger partial charge in [0.25, 0.3) is 6.43 Å². The fraction of sp³-hybridized carbons (Fsp3) is 0.143. The predicted molar refractivity (Wildman–Crippen MR) is 36.1 cm³/mol. The molecule has 0 fully saturated rings. The van der Waals surface area contributed by atoms with E-state index in [0.717, 1.165) is 0 Å². The van der Waals surface area contributed by atoms with Crippen LogP contribution in [0.4, 0.5) is 17.6 Å². The fourth-order valence-electron chi connectivity index (χ4n) is 0.770. The molecule has 1 aromatic heterocycles. The molecule has 0 spiro atoms. The van der Waals surface area contributed by atoms with E-state index in [1.165, 1.54) is 0 Å². The molecule has 1 rings (SSSR count). The summed E-state index contributed by atoms with van der Waals surface area (Å²) in [4.78, 5) is 13.0. The summed E-state index contributed by atoms with van der Waals surface area (Å²) in [5.41, 5.74) is -2.46. The highest BCUT2D eigenvalue weighted by Gasteiger charge is 2.21. The van der Waals surface area contributed by atoms with Crippen LogP contribution < -0.4 is 0 Å². The zero-order chi connectivity index (χ0) is 10.9. The average molecular weight is 209 g/mol. The van der Waals surface area contributed by atoms with Gasteiger partial charge in [-0.1, -0.05) is 0 Å². The molecular weight excluding hydrogens is 206 g/mol. The molecule has 0 aliphatic rings. The van der Waals surface area contributed by atoms with Gasteiger partial charge in [0, 0.05) is 6.07 Å². The molecule has 1 N–H and O–H groups in total. The first-order chi connectivity index (χ1) is 6.43. The van der Waals surface area contributed by atoms with Crippen LogP contribution in [0.1, 0.15) is 22.6 Å². The van der Waals surface area contributed by atoms with Crippen molar-refractivity contribution in [1.29, 1.82) is 0 Å². The summed E-state index contributed by atoms with van der Waals surface area (Å²) < 4.78 is 49.1. The van der Waals surface area contributed by atoms with Gasteiger partial charge in [0.15, 0.2) is 17.3 Å². The van der Waals surface area contributed by atoms with Crippen molar-refractivity contribution in [1.82, 2.24) is 4.98 Å². The highest BCUT2D eigenvalue weighted by atomic mass is 19.3. The molecule has 0 saturated heterocycles. The molecule has 14 heavy (non-hydrogen) atoms. The molecule has 0 aliphatic heterocycles. The topological polar surface area (TPSA) is 50.2 Å². The van der Waals surface area contributed by atoms with Crippen LogP contribution in [0.5, 0.6) is 0 Å². The Kier molecular flexibility index (Phi) is 2.68. The van der Waals surface area contributed by atoms with Crippen LogP contribution in [0.25, 0.3) is 0 Å². The fourth-order valence-corrected chi connectivity index (χ4v) is 0.770. The number of carboxylic acid groups (broad SMARTS) is 1. The maximum Gasteiger partial charge on any atom is 0.357 e. The molecule has 7 heteroatoms. The van der Waals surface area contributed by atoms with Gasteiger partial charge < -0.3 is 5.11 Å². The van der Waals surface area contributed by atoms with Gasteiger partial charge in [-0.15, -0.1) is 0 Å². The highest BCUT2D eigenvalue weighted by Crippen LogP contribution is 2.20. The predicted octanol–water partition coefficient (Wildman–Crippen LogP) is 2.00. The van der Waals surface area contributed by atoms with Gasteiger partial charge in [0.05, 0.1) is 0 Å². The van der Waals surface area contributed by atoms with Crippen molar-refractivity contribution in [3.63, 3.8) is 0 Å². The zero-order valence-corrected chi connectivity index (χ0v) is 6.47. The first-order valence-corrected chi connectivity index (χ1v) is 3.31. The molecule has 0 radical (unpaired) electrons. The van der Waals surface area contributed by atoms with Gasteiger partial charge in [-0.25, -0.2) is 27.3 Å². The third-order valence-corrected chi connectivity index (χ3v) is 1.36. The smallest absolute Gasteiger partial charge is 0.357 e. The van der Waals surface area contributed by atoms with E-state index >= 15 is 0 Å². The van der Waals surface area contributed by atoms with Crippen molar-refractivity contribution in [2.45, 2.75) is 6.43 Å². The second-order valence-corrected chi connectivity index (χ2v) is 2.30. The molecule has 3 nitrogen and oxygen atoms in total. The minimum absolute atomic E-state index is 0.159. The minimum atomic E-state index is -3.15. The largest absolute Gasteiger partial charge is 0.476 e. The van der Waals surface area contributed by atoms with Gasteiger partial charge in [-0.05, 0) is 0 Å². The van der Waals surface area contributed by atoms with Gasteiger partial charge in [-0.2, -0.15) is 0 Å². The second-order valence-electron chi connectivity index (χ2n) is 2.30. The van der Waals surface area contributed by atoms with Crippen LogP contribution in [0.15, 0.2) is 6.07 Å². The van der Waals surface area contributed by atoms with Gasteiger partial charge in [-0.3, -0.25) is 0 Å². The Hall–Kier alpha value is -1.66. The lowest BCUT2D eigenvalue weighted by Gasteiger charge is -2.02. The maximum atomic E-state index is 12.6. The van der Waals surface area contributed by atoms with E-state index in [1.54, 1.807) is 0 Å². The second kappa shape index (κ2) is 3.60.